The monoisotopic (exact) mass is 444 g/mol. The van der Waals surface area contributed by atoms with E-state index in [1.54, 1.807) is 24.8 Å². The number of amides is 1. The Morgan fingerprint density at radius 2 is 1.87 bits per heavy atom. The number of carbonyl (C=O) groups is 1. The SMILES string of the molecule is CC(C)Cc1cc(C(=O)NC(CNS(=O)(=O)c2cnn(C)c2)c2ccccc2)n(C)n1. The molecule has 0 aliphatic carbocycles. The number of aryl methyl sites for hydroxylation is 2. The minimum Gasteiger partial charge on any atom is -0.343 e. The second-order valence-corrected chi connectivity index (χ2v) is 9.65. The molecule has 31 heavy (non-hydrogen) atoms. The van der Waals surface area contributed by atoms with Gasteiger partial charge in [0.2, 0.25) is 10.0 Å². The summed E-state index contributed by atoms with van der Waals surface area (Å²) in [5, 5.41) is 11.3. The summed E-state index contributed by atoms with van der Waals surface area (Å²) in [6.45, 7) is 4.17. The highest BCUT2D eigenvalue weighted by atomic mass is 32.2. The van der Waals surface area contributed by atoms with Gasteiger partial charge in [0.1, 0.15) is 10.6 Å². The van der Waals surface area contributed by atoms with Crippen LogP contribution >= 0.6 is 0 Å². The van der Waals surface area contributed by atoms with E-state index in [0.29, 0.717) is 11.6 Å². The van der Waals surface area contributed by atoms with E-state index in [4.69, 9.17) is 0 Å². The fourth-order valence-corrected chi connectivity index (χ4v) is 4.27. The number of hydrogen-bond donors (Lipinski definition) is 2. The normalized spacial score (nSPS) is 12.8. The number of aromatic nitrogens is 4. The molecule has 2 aromatic heterocycles. The van der Waals surface area contributed by atoms with Crippen LogP contribution in [0.1, 0.15) is 41.6 Å². The summed E-state index contributed by atoms with van der Waals surface area (Å²) in [4.78, 5) is 13.1. The Morgan fingerprint density at radius 1 is 1.16 bits per heavy atom. The highest BCUT2D eigenvalue weighted by Crippen LogP contribution is 2.16. The number of hydrogen-bond acceptors (Lipinski definition) is 5. The molecule has 9 nitrogen and oxygen atoms in total. The van der Waals surface area contributed by atoms with E-state index in [2.05, 4.69) is 34.1 Å². The van der Waals surface area contributed by atoms with Crippen molar-refractivity contribution in [1.29, 1.82) is 0 Å². The van der Waals surface area contributed by atoms with Gasteiger partial charge in [-0.15, -0.1) is 0 Å². The van der Waals surface area contributed by atoms with Crippen molar-refractivity contribution in [3.8, 4) is 0 Å². The maximum absolute atomic E-state index is 13.0. The van der Waals surface area contributed by atoms with Gasteiger partial charge < -0.3 is 5.32 Å². The number of carbonyl (C=O) groups excluding carboxylic acids is 1. The molecule has 1 unspecified atom stereocenters. The Balaban J connectivity index is 1.79. The number of rotatable bonds is 9. The third-order valence-corrected chi connectivity index (χ3v) is 6.13. The van der Waals surface area contributed by atoms with Gasteiger partial charge in [0.25, 0.3) is 5.91 Å². The van der Waals surface area contributed by atoms with Crippen LogP contribution in [0.25, 0.3) is 0 Å². The van der Waals surface area contributed by atoms with Crippen LogP contribution in [-0.2, 0) is 30.5 Å². The van der Waals surface area contributed by atoms with Gasteiger partial charge in [-0.05, 0) is 24.0 Å². The minimum atomic E-state index is -3.76. The molecule has 10 heteroatoms. The molecule has 1 aromatic carbocycles. The van der Waals surface area contributed by atoms with E-state index < -0.39 is 16.1 Å². The fraction of sp³-hybridized carbons (Fsp3) is 0.381. The van der Waals surface area contributed by atoms with Crippen molar-refractivity contribution in [2.24, 2.45) is 20.0 Å². The van der Waals surface area contributed by atoms with Crippen LogP contribution in [0.2, 0.25) is 0 Å². The maximum Gasteiger partial charge on any atom is 0.270 e. The van der Waals surface area contributed by atoms with Gasteiger partial charge in [-0.3, -0.25) is 14.2 Å². The Labute approximate surface area is 182 Å². The lowest BCUT2D eigenvalue weighted by Gasteiger charge is -2.19. The molecule has 2 N–H and O–H groups in total. The smallest absolute Gasteiger partial charge is 0.270 e. The largest absolute Gasteiger partial charge is 0.343 e. The third kappa shape index (κ3) is 5.80. The van der Waals surface area contributed by atoms with E-state index in [-0.39, 0.29) is 17.3 Å². The van der Waals surface area contributed by atoms with E-state index in [0.717, 1.165) is 17.7 Å². The Morgan fingerprint density at radius 3 is 2.48 bits per heavy atom. The summed E-state index contributed by atoms with van der Waals surface area (Å²) in [5.74, 6) is 0.101. The molecule has 0 radical (unpaired) electrons. The van der Waals surface area contributed by atoms with Crippen LogP contribution in [0.3, 0.4) is 0 Å². The Bertz CT molecular complexity index is 1140. The molecule has 166 valence electrons. The van der Waals surface area contributed by atoms with Gasteiger partial charge in [-0.1, -0.05) is 44.2 Å². The lowest BCUT2D eigenvalue weighted by atomic mass is 10.1. The molecule has 0 fully saturated rings. The van der Waals surface area contributed by atoms with Crippen molar-refractivity contribution in [3.05, 3.63) is 65.7 Å². The predicted octanol–water partition coefficient (Wildman–Crippen LogP) is 1.80. The molecule has 0 aliphatic rings. The standard InChI is InChI=1S/C21H28N6O3S/c1-15(2)10-17-11-20(27(4)25-17)21(28)24-19(16-8-6-5-7-9-16)13-23-31(29,30)18-12-22-26(3)14-18/h5-9,11-12,14-15,19,23H,10,13H2,1-4H3,(H,24,28). The van der Waals surface area contributed by atoms with Gasteiger partial charge in [-0.25, -0.2) is 13.1 Å². The first-order chi connectivity index (χ1) is 14.7. The van der Waals surface area contributed by atoms with Gasteiger partial charge in [0.05, 0.1) is 17.9 Å². The average molecular weight is 445 g/mol. The lowest BCUT2D eigenvalue weighted by Crippen LogP contribution is -2.38. The summed E-state index contributed by atoms with van der Waals surface area (Å²) >= 11 is 0. The fourth-order valence-electron chi connectivity index (χ4n) is 3.24. The highest BCUT2D eigenvalue weighted by Gasteiger charge is 2.23. The second-order valence-electron chi connectivity index (χ2n) is 7.88. The first-order valence-electron chi connectivity index (χ1n) is 10.0. The molecular formula is C21H28N6O3S. The number of nitrogens with zero attached hydrogens (tertiary/aromatic N) is 4. The van der Waals surface area contributed by atoms with Crippen LogP contribution in [-0.4, -0.2) is 40.4 Å². The number of sulfonamides is 1. The quantitative estimate of drug-likeness (QED) is 0.523. The van der Waals surface area contributed by atoms with Gasteiger partial charge in [0, 0.05) is 26.8 Å². The van der Waals surface area contributed by atoms with Gasteiger partial charge in [0.15, 0.2) is 0 Å². The lowest BCUT2D eigenvalue weighted by molar-refractivity contribution is 0.0927. The Kier molecular flexibility index (Phi) is 6.91. The molecular weight excluding hydrogens is 416 g/mol. The second kappa shape index (κ2) is 9.44. The van der Waals surface area contributed by atoms with Crippen molar-refractivity contribution in [2.75, 3.05) is 6.54 Å². The van der Waals surface area contributed by atoms with Crippen LogP contribution in [0.15, 0.2) is 53.7 Å². The van der Waals surface area contributed by atoms with E-state index >= 15 is 0 Å². The molecule has 3 aromatic rings. The summed E-state index contributed by atoms with van der Waals surface area (Å²) in [5.41, 5.74) is 2.05. The van der Waals surface area contributed by atoms with Crippen molar-refractivity contribution in [3.63, 3.8) is 0 Å². The van der Waals surface area contributed by atoms with Crippen molar-refractivity contribution >= 4 is 15.9 Å². The molecule has 0 aliphatic heterocycles. The third-order valence-electron chi connectivity index (χ3n) is 4.76. The summed E-state index contributed by atoms with van der Waals surface area (Å²) in [6, 6.07) is 10.4. The Hall–Kier alpha value is -2.98. The first kappa shape index (κ1) is 22.7. The van der Waals surface area contributed by atoms with Gasteiger partial charge in [-0.2, -0.15) is 10.2 Å². The van der Waals surface area contributed by atoms with Crippen LogP contribution in [0.5, 0.6) is 0 Å². The number of benzene rings is 1. The molecule has 0 spiro atoms. The molecule has 1 amide bonds. The molecule has 1 atom stereocenters. The molecule has 0 bridgehead atoms. The van der Waals surface area contributed by atoms with Crippen LogP contribution in [0, 0.1) is 5.92 Å². The number of nitrogens with one attached hydrogen (secondary N) is 2. The van der Waals surface area contributed by atoms with Crippen molar-refractivity contribution in [2.45, 2.75) is 31.2 Å². The predicted molar refractivity (Wildman–Crippen MR) is 117 cm³/mol. The topological polar surface area (TPSA) is 111 Å². The molecule has 3 rings (SSSR count). The highest BCUT2D eigenvalue weighted by molar-refractivity contribution is 7.89. The van der Waals surface area contributed by atoms with Crippen LogP contribution in [0.4, 0.5) is 0 Å². The molecule has 0 saturated heterocycles. The van der Waals surface area contributed by atoms with Crippen LogP contribution < -0.4 is 10.0 Å². The van der Waals surface area contributed by atoms with E-state index in [1.807, 2.05) is 30.3 Å². The van der Waals surface area contributed by atoms with Gasteiger partial charge >= 0.3 is 0 Å². The maximum atomic E-state index is 13.0. The zero-order valence-corrected chi connectivity index (χ0v) is 18.9. The average Bonchev–Trinajstić information content (AvgIpc) is 3.31. The molecule has 2 heterocycles. The molecule has 0 saturated carbocycles. The first-order valence-corrected chi connectivity index (χ1v) is 11.5. The van der Waals surface area contributed by atoms with E-state index in [9.17, 15) is 13.2 Å². The van der Waals surface area contributed by atoms with Crippen molar-refractivity contribution < 1.29 is 13.2 Å². The minimum absolute atomic E-state index is 0.0102. The zero-order chi connectivity index (χ0) is 22.6. The zero-order valence-electron chi connectivity index (χ0n) is 18.1. The summed E-state index contributed by atoms with van der Waals surface area (Å²) in [6.07, 6.45) is 3.48. The summed E-state index contributed by atoms with van der Waals surface area (Å²) in [7, 11) is -0.393. The van der Waals surface area contributed by atoms with E-state index in [1.165, 1.54) is 17.1 Å². The summed E-state index contributed by atoms with van der Waals surface area (Å²) < 4.78 is 30.8. The van der Waals surface area contributed by atoms with Crippen molar-refractivity contribution in [1.82, 2.24) is 29.6 Å².